The molecule has 0 radical (unpaired) electrons. The van der Waals surface area contributed by atoms with Crippen LogP contribution in [0, 0.1) is 0 Å². The summed E-state index contributed by atoms with van der Waals surface area (Å²) in [6.07, 6.45) is 0. The van der Waals surface area contributed by atoms with Crippen LogP contribution < -0.4 is 15.2 Å². The Morgan fingerprint density at radius 3 is 2.29 bits per heavy atom. The molecule has 0 atom stereocenters. The molecule has 0 aromatic heterocycles. The van der Waals surface area contributed by atoms with Gasteiger partial charge in [-0.3, -0.25) is 0 Å². The SMILES string of the molecule is COc1cc(OC)c(C(N)=S)cc1Cl. The van der Waals surface area contributed by atoms with Crippen molar-refractivity contribution in [2.75, 3.05) is 14.2 Å². The van der Waals surface area contributed by atoms with Gasteiger partial charge >= 0.3 is 0 Å². The lowest BCUT2D eigenvalue weighted by Gasteiger charge is -2.10. The third-order valence-electron chi connectivity index (χ3n) is 1.74. The summed E-state index contributed by atoms with van der Waals surface area (Å²) in [6, 6.07) is 3.28. The fraction of sp³-hybridized carbons (Fsp3) is 0.222. The monoisotopic (exact) mass is 231 g/mol. The average molecular weight is 232 g/mol. The molecule has 0 bridgehead atoms. The highest BCUT2D eigenvalue weighted by Crippen LogP contribution is 2.32. The van der Waals surface area contributed by atoms with Crippen LogP contribution in [0.15, 0.2) is 12.1 Å². The third kappa shape index (κ3) is 2.08. The Morgan fingerprint density at radius 2 is 1.86 bits per heavy atom. The van der Waals surface area contributed by atoms with Crippen molar-refractivity contribution in [2.45, 2.75) is 0 Å². The summed E-state index contributed by atoms with van der Waals surface area (Å²) in [5.74, 6) is 1.09. The number of nitrogens with two attached hydrogens (primary N) is 1. The van der Waals surface area contributed by atoms with E-state index in [0.717, 1.165) is 0 Å². The number of hydrogen-bond acceptors (Lipinski definition) is 3. The summed E-state index contributed by atoms with van der Waals surface area (Å²) in [7, 11) is 3.06. The van der Waals surface area contributed by atoms with E-state index in [2.05, 4.69) is 0 Å². The molecule has 0 saturated heterocycles. The van der Waals surface area contributed by atoms with Gasteiger partial charge in [0.25, 0.3) is 0 Å². The van der Waals surface area contributed by atoms with E-state index in [1.807, 2.05) is 0 Å². The van der Waals surface area contributed by atoms with E-state index < -0.39 is 0 Å². The molecule has 1 aromatic carbocycles. The quantitative estimate of drug-likeness (QED) is 0.809. The normalized spacial score (nSPS) is 9.64. The van der Waals surface area contributed by atoms with Crippen molar-refractivity contribution in [3.05, 3.63) is 22.7 Å². The molecule has 0 spiro atoms. The molecule has 0 aliphatic rings. The molecule has 5 heteroatoms. The predicted molar refractivity (Wildman–Crippen MR) is 60.4 cm³/mol. The van der Waals surface area contributed by atoms with Gasteiger partial charge in [0.05, 0.1) is 24.8 Å². The molecule has 0 aliphatic carbocycles. The summed E-state index contributed by atoms with van der Waals surface area (Å²) in [5, 5.41) is 0.455. The molecule has 0 aliphatic heterocycles. The second-order valence-electron chi connectivity index (χ2n) is 2.55. The van der Waals surface area contributed by atoms with Crippen molar-refractivity contribution in [2.24, 2.45) is 5.73 Å². The van der Waals surface area contributed by atoms with Gasteiger partial charge in [-0.15, -0.1) is 0 Å². The van der Waals surface area contributed by atoms with Gasteiger partial charge in [-0.05, 0) is 6.07 Å². The number of hydrogen-bond donors (Lipinski definition) is 1. The Bertz CT molecular complexity index is 368. The van der Waals surface area contributed by atoms with Crippen LogP contribution in [0.1, 0.15) is 5.56 Å². The third-order valence-corrected chi connectivity index (χ3v) is 2.25. The molecular weight excluding hydrogens is 222 g/mol. The predicted octanol–water partition coefficient (Wildman–Crippen LogP) is 1.99. The molecular formula is C9H10ClNO2S. The Balaban J connectivity index is 3.31. The van der Waals surface area contributed by atoms with Crippen LogP contribution in [0.4, 0.5) is 0 Å². The lowest BCUT2D eigenvalue weighted by molar-refractivity contribution is 0.394. The highest BCUT2D eigenvalue weighted by Gasteiger charge is 2.11. The zero-order valence-electron chi connectivity index (χ0n) is 7.83. The smallest absolute Gasteiger partial charge is 0.141 e. The zero-order chi connectivity index (χ0) is 10.7. The van der Waals surface area contributed by atoms with E-state index in [-0.39, 0.29) is 4.99 Å². The summed E-state index contributed by atoms with van der Waals surface area (Å²) in [4.78, 5) is 0.242. The van der Waals surface area contributed by atoms with Crippen LogP contribution in [-0.4, -0.2) is 19.2 Å². The topological polar surface area (TPSA) is 44.5 Å². The molecule has 0 amide bonds. The van der Waals surface area contributed by atoms with Crippen molar-refractivity contribution < 1.29 is 9.47 Å². The van der Waals surface area contributed by atoms with E-state index in [1.165, 1.54) is 14.2 Å². The number of benzene rings is 1. The van der Waals surface area contributed by atoms with Gasteiger partial charge < -0.3 is 15.2 Å². The number of methoxy groups -OCH3 is 2. The minimum atomic E-state index is 0.242. The van der Waals surface area contributed by atoms with Crippen LogP contribution in [0.2, 0.25) is 5.02 Å². The van der Waals surface area contributed by atoms with Gasteiger partial charge in [0, 0.05) is 6.07 Å². The van der Waals surface area contributed by atoms with Gasteiger partial charge in [-0.25, -0.2) is 0 Å². The van der Waals surface area contributed by atoms with Gasteiger partial charge in [0.2, 0.25) is 0 Å². The van der Waals surface area contributed by atoms with Crippen LogP contribution in [0.25, 0.3) is 0 Å². The first kappa shape index (κ1) is 11.1. The van der Waals surface area contributed by atoms with Crippen LogP contribution >= 0.6 is 23.8 Å². The Hall–Kier alpha value is -1.00. The van der Waals surface area contributed by atoms with E-state index in [0.29, 0.717) is 22.1 Å². The maximum absolute atomic E-state index is 5.91. The fourth-order valence-electron chi connectivity index (χ4n) is 1.05. The molecule has 1 rings (SSSR count). The second kappa shape index (κ2) is 4.48. The lowest BCUT2D eigenvalue weighted by atomic mass is 10.2. The number of thiocarbonyl (C=S) groups is 1. The minimum absolute atomic E-state index is 0.242. The maximum atomic E-state index is 5.91. The van der Waals surface area contributed by atoms with Crippen molar-refractivity contribution >= 4 is 28.8 Å². The van der Waals surface area contributed by atoms with E-state index in [1.54, 1.807) is 12.1 Å². The first-order chi connectivity index (χ1) is 6.60. The Morgan fingerprint density at radius 1 is 1.29 bits per heavy atom. The van der Waals surface area contributed by atoms with Crippen molar-refractivity contribution in [3.63, 3.8) is 0 Å². The maximum Gasteiger partial charge on any atom is 0.141 e. The number of ether oxygens (including phenoxy) is 2. The standard InChI is InChI=1S/C9H10ClNO2S/c1-12-7-4-8(13-2)6(10)3-5(7)9(11)14/h3-4H,1-2H3,(H2,11,14). The molecule has 0 heterocycles. The first-order valence-electron chi connectivity index (χ1n) is 3.81. The Kier molecular flexibility index (Phi) is 3.55. The van der Waals surface area contributed by atoms with E-state index in [9.17, 15) is 0 Å². The molecule has 14 heavy (non-hydrogen) atoms. The van der Waals surface area contributed by atoms with E-state index >= 15 is 0 Å². The van der Waals surface area contributed by atoms with Gasteiger partial charge in [-0.1, -0.05) is 23.8 Å². The van der Waals surface area contributed by atoms with Crippen LogP contribution in [0.5, 0.6) is 11.5 Å². The van der Waals surface area contributed by atoms with Gasteiger partial charge in [-0.2, -0.15) is 0 Å². The lowest BCUT2D eigenvalue weighted by Crippen LogP contribution is -2.11. The molecule has 1 aromatic rings. The highest BCUT2D eigenvalue weighted by atomic mass is 35.5. The van der Waals surface area contributed by atoms with E-state index in [4.69, 9.17) is 39.0 Å². The summed E-state index contributed by atoms with van der Waals surface area (Å²) >= 11 is 10.8. The number of rotatable bonds is 3. The molecule has 76 valence electrons. The molecule has 2 N–H and O–H groups in total. The zero-order valence-corrected chi connectivity index (χ0v) is 9.41. The Labute approximate surface area is 92.8 Å². The largest absolute Gasteiger partial charge is 0.496 e. The summed E-state index contributed by atoms with van der Waals surface area (Å²) < 4.78 is 10.1. The van der Waals surface area contributed by atoms with Crippen LogP contribution in [-0.2, 0) is 0 Å². The average Bonchev–Trinajstić information content (AvgIpc) is 2.17. The summed E-state index contributed by atoms with van der Waals surface area (Å²) in [5.41, 5.74) is 6.11. The molecule has 0 fully saturated rings. The number of halogens is 1. The van der Waals surface area contributed by atoms with Crippen LogP contribution in [0.3, 0.4) is 0 Å². The van der Waals surface area contributed by atoms with Crippen molar-refractivity contribution in [3.8, 4) is 11.5 Å². The molecule has 0 unspecified atom stereocenters. The van der Waals surface area contributed by atoms with Crippen molar-refractivity contribution in [1.29, 1.82) is 0 Å². The molecule has 3 nitrogen and oxygen atoms in total. The second-order valence-corrected chi connectivity index (χ2v) is 3.40. The van der Waals surface area contributed by atoms with Gasteiger partial charge in [0.1, 0.15) is 16.5 Å². The molecule has 0 saturated carbocycles. The summed E-state index contributed by atoms with van der Waals surface area (Å²) in [6.45, 7) is 0. The van der Waals surface area contributed by atoms with Gasteiger partial charge in [0.15, 0.2) is 0 Å². The highest BCUT2D eigenvalue weighted by molar-refractivity contribution is 7.80. The fourth-order valence-corrected chi connectivity index (χ4v) is 1.45. The van der Waals surface area contributed by atoms with Crippen molar-refractivity contribution in [1.82, 2.24) is 0 Å². The minimum Gasteiger partial charge on any atom is -0.496 e. The first-order valence-corrected chi connectivity index (χ1v) is 4.60.